The molecule has 13 heteroatoms. The number of hydrogen-bond acceptors (Lipinski definition) is 7. The first kappa shape index (κ1) is 32.2. The first-order chi connectivity index (χ1) is 20.3. The maximum absolute atomic E-state index is 15.4. The molecule has 1 amide bonds. The maximum Gasteiger partial charge on any atom is 0.421 e. The molecule has 1 saturated carbocycles. The van der Waals surface area contributed by atoms with Crippen LogP contribution in [0.4, 0.5) is 28.4 Å². The van der Waals surface area contributed by atoms with Crippen LogP contribution in [0.5, 0.6) is 11.6 Å². The van der Waals surface area contributed by atoms with E-state index in [0.717, 1.165) is 31.0 Å². The van der Waals surface area contributed by atoms with Crippen molar-refractivity contribution in [3.05, 3.63) is 58.0 Å². The van der Waals surface area contributed by atoms with Crippen LogP contribution in [0, 0.1) is 17.7 Å². The third-order valence-electron chi connectivity index (χ3n) is 7.34. The van der Waals surface area contributed by atoms with Crippen LogP contribution in [-0.2, 0) is 17.4 Å². The number of rotatable bonds is 10. The zero-order valence-electron chi connectivity index (χ0n) is 24.3. The molecule has 232 valence electrons. The fourth-order valence-electron chi connectivity index (χ4n) is 5.16. The highest BCUT2D eigenvalue weighted by Gasteiger charge is 2.37. The van der Waals surface area contributed by atoms with Crippen molar-refractivity contribution >= 4 is 34.0 Å². The summed E-state index contributed by atoms with van der Waals surface area (Å²) in [5, 5.41) is 15.4. The minimum Gasteiger partial charge on any atom is -0.478 e. The SMILES string of the molecule is CCNc1nc(Cc2cnc(Oc3cc(C(=O)O)c(N(C(=O)C4CCC(C)CC4)C(C)C)cc3F)c(C(F)(F)F)c2)cs1. The van der Waals surface area contributed by atoms with Crippen molar-refractivity contribution in [3.63, 3.8) is 0 Å². The molecule has 1 aromatic carbocycles. The first-order valence-electron chi connectivity index (χ1n) is 14.1. The fraction of sp³-hybridized carbons (Fsp3) is 0.467. The third-order valence-corrected chi connectivity index (χ3v) is 8.19. The lowest BCUT2D eigenvalue weighted by molar-refractivity contribution is -0.139. The number of thiazole rings is 1. The average Bonchev–Trinajstić information content (AvgIpc) is 3.37. The molecule has 1 aliphatic carbocycles. The minimum atomic E-state index is -4.90. The normalized spacial score (nSPS) is 17.1. The highest BCUT2D eigenvalue weighted by atomic mass is 32.1. The molecule has 0 atom stereocenters. The monoisotopic (exact) mass is 622 g/mol. The molecule has 2 N–H and O–H groups in total. The highest BCUT2D eigenvalue weighted by Crippen LogP contribution is 2.40. The van der Waals surface area contributed by atoms with Crippen molar-refractivity contribution in [1.29, 1.82) is 0 Å². The number of carboxylic acids is 1. The summed E-state index contributed by atoms with van der Waals surface area (Å²) in [5.41, 5.74) is -1.16. The number of ether oxygens (including phenoxy) is 1. The van der Waals surface area contributed by atoms with E-state index in [-0.39, 0.29) is 29.5 Å². The number of nitrogens with one attached hydrogen (secondary N) is 1. The number of aromatic nitrogens is 2. The molecule has 0 unspecified atom stereocenters. The molecule has 3 aromatic rings. The van der Waals surface area contributed by atoms with E-state index < -0.39 is 46.8 Å². The number of carboxylic acid groups (broad SMARTS) is 1. The quantitative estimate of drug-likeness (QED) is 0.223. The van der Waals surface area contributed by atoms with E-state index >= 15 is 4.39 Å². The number of aromatic carboxylic acids is 1. The van der Waals surface area contributed by atoms with Crippen LogP contribution in [-0.4, -0.2) is 39.5 Å². The second-order valence-corrected chi connectivity index (χ2v) is 11.9. The molecule has 0 saturated heterocycles. The predicted molar refractivity (Wildman–Crippen MR) is 155 cm³/mol. The summed E-state index contributed by atoms with van der Waals surface area (Å²) in [6.07, 6.45) is -0.686. The van der Waals surface area contributed by atoms with Gasteiger partial charge in [0.2, 0.25) is 11.8 Å². The zero-order chi connectivity index (χ0) is 31.5. The predicted octanol–water partition coefficient (Wildman–Crippen LogP) is 7.78. The van der Waals surface area contributed by atoms with Gasteiger partial charge in [0.1, 0.15) is 5.56 Å². The molecular weight excluding hydrogens is 588 g/mol. The van der Waals surface area contributed by atoms with Gasteiger partial charge >= 0.3 is 12.1 Å². The van der Waals surface area contributed by atoms with E-state index in [0.29, 0.717) is 36.1 Å². The average molecular weight is 623 g/mol. The van der Waals surface area contributed by atoms with Crippen LogP contribution >= 0.6 is 11.3 Å². The lowest BCUT2D eigenvalue weighted by Crippen LogP contribution is -2.43. The van der Waals surface area contributed by atoms with Crippen LogP contribution < -0.4 is 15.0 Å². The highest BCUT2D eigenvalue weighted by molar-refractivity contribution is 7.13. The van der Waals surface area contributed by atoms with Gasteiger partial charge < -0.3 is 20.1 Å². The minimum absolute atomic E-state index is 0.0729. The summed E-state index contributed by atoms with van der Waals surface area (Å²) in [4.78, 5) is 35.2. The van der Waals surface area contributed by atoms with E-state index in [2.05, 4.69) is 22.2 Å². The molecule has 1 aliphatic rings. The van der Waals surface area contributed by atoms with Crippen molar-refractivity contribution in [2.45, 2.75) is 72.0 Å². The Hall–Kier alpha value is -3.74. The van der Waals surface area contributed by atoms with E-state index in [1.165, 1.54) is 22.4 Å². The molecule has 43 heavy (non-hydrogen) atoms. The fourth-order valence-corrected chi connectivity index (χ4v) is 5.94. The summed E-state index contributed by atoms with van der Waals surface area (Å²) >= 11 is 1.32. The summed E-state index contributed by atoms with van der Waals surface area (Å²) < 4.78 is 62.9. The lowest BCUT2D eigenvalue weighted by atomic mass is 9.82. The Morgan fingerprint density at radius 2 is 1.88 bits per heavy atom. The van der Waals surface area contributed by atoms with Crippen molar-refractivity contribution in [1.82, 2.24) is 9.97 Å². The van der Waals surface area contributed by atoms with Gasteiger partial charge in [0.05, 0.1) is 16.9 Å². The lowest BCUT2D eigenvalue weighted by Gasteiger charge is -2.34. The van der Waals surface area contributed by atoms with Gasteiger partial charge in [0.15, 0.2) is 16.7 Å². The molecule has 0 bridgehead atoms. The van der Waals surface area contributed by atoms with E-state index in [9.17, 15) is 27.9 Å². The Morgan fingerprint density at radius 3 is 2.49 bits per heavy atom. The van der Waals surface area contributed by atoms with E-state index in [1.54, 1.807) is 19.2 Å². The number of carbonyl (C=O) groups excluding carboxylic acids is 1. The Balaban J connectivity index is 1.67. The van der Waals surface area contributed by atoms with Gasteiger partial charge in [-0.25, -0.2) is 19.2 Å². The molecule has 0 spiro atoms. The van der Waals surface area contributed by atoms with Gasteiger partial charge in [0.25, 0.3) is 0 Å². The van der Waals surface area contributed by atoms with Gasteiger partial charge in [-0.15, -0.1) is 11.3 Å². The van der Waals surface area contributed by atoms with Crippen LogP contribution in [0.25, 0.3) is 0 Å². The first-order valence-corrected chi connectivity index (χ1v) is 15.0. The molecule has 8 nitrogen and oxygen atoms in total. The second-order valence-electron chi connectivity index (χ2n) is 11.0. The van der Waals surface area contributed by atoms with Crippen molar-refractivity contribution < 1.29 is 37.0 Å². The van der Waals surface area contributed by atoms with Gasteiger partial charge in [-0.05, 0) is 64.0 Å². The third kappa shape index (κ3) is 7.62. The molecule has 4 rings (SSSR count). The van der Waals surface area contributed by atoms with Gasteiger partial charge in [-0.3, -0.25) is 4.79 Å². The van der Waals surface area contributed by atoms with Crippen LogP contribution in [0.15, 0.2) is 29.8 Å². The standard InChI is InChI=1S/C30H34F4N4O4S/c1-5-35-29-37-20(15-43-29)10-18-11-22(30(32,33)34)26(36-14-18)42-25-12-21(28(40)41)24(13-23(25)31)38(16(2)3)27(39)19-8-6-17(4)7-9-19/h11-17,19H,5-10H2,1-4H3,(H,35,37)(H,40,41). The Labute approximate surface area is 251 Å². The number of nitrogens with zero attached hydrogens (tertiary/aromatic N) is 3. The second kappa shape index (κ2) is 13.3. The molecule has 2 heterocycles. The largest absolute Gasteiger partial charge is 0.478 e. The van der Waals surface area contributed by atoms with Crippen LogP contribution in [0.1, 0.15) is 80.6 Å². The molecule has 1 fully saturated rings. The number of carbonyl (C=O) groups is 2. The number of pyridine rings is 1. The molecule has 0 aliphatic heterocycles. The number of halogens is 4. The van der Waals surface area contributed by atoms with Gasteiger partial charge in [0, 0.05) is 48.6 Å². The zero-order valence-corrected chi connectivity index (χ0v) is 25.1. The number of anilines is 2. The van der Waals surface area contributed by atoms with Crippen molar-refractivity contribution in [3.8, 4) is 11.6 Å². The summed E-state index contributed by atoms with van der Waals surface area (Å²) in [6.45, 7) is 8.01. The van der Waals surface area contributed by atoms with Crippen molar-refractivity contribution in [2.75, 3.05) is 16.8 Å². The smallest absolute Gasteiger partial charge is 0.421 e. The van der Waals surface area contributed by atoms with E-state index in [4.69, 9.17) is 4.74 Å². The van der Waals surface area contributed by atoms with Gasteiger partial charge in [-0.1, -0.05) is 6.92 Å². The Morgan fingerprint density at radius 1 is 1.19 bits per heavy atom. The van der Waals surface area contributed by atoms with Crippen molar-refractivity contribution in [2.24, 2.45) is 11.8 Å². The van der Waals surface area contributed by atoms with Crippen LogP contribution in [0.2, 0.25) is 0 Å². The Kier molecular flexibility index (Phi) is 9.93. The topological polar surface area (TPSA) is 105 Å². The van der Waals surface area contributed by atoms with Gasteiger partial charge in [-0.2, -0.15) is 13.2 Å². The van der Waals surface area contributed by atoms with Crippen LogP contribution in [0.3, 0.4) is 0 Å². The van der Waals surface area contributed by atoms with E-state index in [1.807, 2.05) is 6.92 Å². The number of amides is 1. The maximum atomic E-state index is 15.4. The summed E-state index contributed by atoms with van der Waals surface area (Å²) in [6, 6.07) is 1.97. The molecular formula is C30H34F4N4O4S. The number of alkyl halides is 3. The number of hydrogen-bond donors (Lipinski definition) is 2. The summed E-state index contributed by atoms with van der Waals surface area (Å²) in [5.74, 6) is -4.49. The Bertz CT molecular complexity index is 1470. The summed E-state index contributed by atoms with van der Waals surface area (Å²) in [7, 11) is 0. The molecule has 2 aromatic heterocycles. The number of benzene rings is 1. The molecule has 0 radical (unpaired) electrons.